The maximum Gasteiger partial charge on any atom is 0.0903 e. The van der Waals surface area contributed by atoms with Crippen molar-refractivity contribution in [3.05, 3.63) is 35.9 Å². The molecule has 2 unspecified atom stereocenters. The summed E-state index contributed by atoms with van der Waals surface area (Å²) < 4.78 is 0. The third-order valence-electron chi connectivity index (χ3n) is 4.70. The lowest BCUT2D eigenvalue weighted by molar-refractivity contribution is 0.0314. The second kappa shape index (κ2) is 4.67. The van der Waals surface area contributed by atoms with Crippen molar-refractivity contribution in [2.24, 2.45) is 11.8 Å². The lowest BCUT2D eigenvalue weighted by atomic mass is 9.90. The quantitative estimate of drug-likeness (QED) is 0.885. The summed E-state index contributed by atoms with van der Waals surface area (Å²) in [6.45, 7) is 5.84. The summed E-state index contributed by atoms with van der Waals surface area (Å²) in [6, 6.07) is 10.2. The fourth-order valence-electron chi connectivity index (χ4n) is 3.93. The van der Waals surface area contributed by atoms with Crippen LogP contribution in [0.3, 0.4) is 0 Å². The fourth-order valence-corrected chi connectivity index (χ4v) is 3.93. The Morgan fingerprint density at radius 2 is 1.78 bits per heavy atom. The van der Waals surface area contributed by atoms with Crippen LogP contribution < -0.4 is 0 Å². The molecule has 0 aromatic heterocycles. The van der Waals surface area contributed by atoms with Gasteiger partial charge in [-0.2, -0.15) is 0 Å². The first-order valence-electron chi connectivity index (χ1n) is 7.21. The minimum absolute atomic E-state index is 0.561. The topological polar surface area (TPSA) is 23.5 Å². The molecule has 1 heterocycles. The van der Waals surface area contributed by atoms with E-state index in [2.05, 4.69) is 24.0 Å². The van der Waals surface area contributed by atoms with Crippen LogP contribution in [0.25, 0.3) is 0 Å². The molecular formula is C16H23NO. The van der Waals surface area contributed by atoms with E-state index in [1.807, 2.05) is 18.2 Å². The maximum absolute atomic E-state index is 10.9. The number of nitrogens with zero attached hydrogens (tertiary/aromatic N) is 1. The Kier molecular flexibility index (Phi) is 3.16. The summed E-state index contributed by atoms with van der Waals surface area (Å²) in [6.07, 6.45) is 3.13. The van der Waals surface area contributed by atoms with Gasteiger partial charge in [0.1, 0.15) is 0 Å². The predicted octanol–water partition coefficient (Wildman–Crippen LogP) is 2.63. The van der Waals surface area contributed by atoms with Gasteiger partial charge < -0.3 is 10.0 Å². The first-order valence-corrected chi connectivity index (χ1v) is 7.21. The molecule has 1 saturated heterocycles. The van der Waals surface area contributed by atoms with Gasteiger partial charge in [0.25, 0.3) is 0 Å². The van der Waals surface area contributed by atoms with E-state index < -0.39 is 5.60 Å². The van der Waals surface area contributed by atoms with Gasteiger partial charge in [-0.15, -0.1) is 0 Å². The highest BCUT2D eigenvalue weighted by atomic mass is 16.3. The van der Waals surface area contributed by atoms with Gasteiger partial charge in [0, 0.05) is 13.1 Å². The first kappa shape index (κ1) is 12.2. The molecule has 0 radical (unpaired) electrons. The summed E-state index contributed by atoms with van der Waals surface area (Å²) in [4.78, 5) is 2.57. The van der Waals surface area contributed by atoms with E-state index in [1.165, 1.54) is 26.1 Å². The van der Waals surface area contributed by atoms with Gasteiger partial charge in [0.15, 0.2) is 0 Å². The van der Waals surface area contributed by atoms with E-state index in [0.29, 0.717) is 11.8 Å². The van der Waals surface area contributed by atoms with Crippen molar-refractivity contribution in [2.45, 2.75) is 31.8 Å². The minimum Gasteiger partial charge on any atom is -0.385 e. The molecule has 1 aliphatic carbocycles. The van der Waals surface area contributed by atoms with E-state index in [0.717, 1.165) is 18.4 Å². The maximum atomic E-state index is 10.9. The molecule has 1 N–H and O–H groups in total. The van der Waals surface area contributed by atoms with E-state index >= 15 is 0 Å². The zero-order chi connectivity index (χ0) is 12.6. The molecule has 0 spiro atoms. The molecule has 1 aromatic rings. The SMILES string of the molecule is CCCN1CC2CC(O)(c3ccccc3)CC2C1. The fraction of sp³-hybridized carbons (Fsp3) is 0.625. The van der Waals surface area contributed by atoms with Gasteiger partial charge in [-0.05, 0) is 43.2 Å². The summed E-state index contributed by atoms with van der Waals surface area (Å²) in [5.41, 5.74) is 0.552. The lowest BCUT2D eigenvalue weighted by Crippen LogP contribution is -2.28. The molecule has 18 heavy (non-hydrogen) atoms. The molecule has 3 rings (SSSR count). The van der Waals surface area contributed by atoms with Gasteiger partial charge in [-0.1, -0.05) is 37.3 Å². The monoisotopic (exact) mass is 245 g/mol. The zero-order valence-corrected chi connectivity index (χ0v) is 11.2. The van der Waals surface area contributed by atoms with Gasteiger partial charge >= 0.3 is 0 Å². The largest absolute Gasteiger partial charge is 0.385 e. The van der Waals surface area contributed by atoms with Crippen molar-refractivity contribution in [3.8, 4) is 0 Å². The average Bonchev–Trinajstić information content (AvgIpc) is 2.86. The number of benzene rings is 1. The second-order valence-electron chi connectivity index (χ2n) is 6.09. The lowest BCUT2D eigenvalue weighted by Gasteiger charge is -2.26. The van der Waals surface area contributed by atoms with Crippen LogP contribution in [0.1, 0.15) is 31.7 Å². The number of hydrogen-bond acceptors (Lipinski definition) is 2. The van der Waals surface area contributed by atoms with Crippen LogP contribution in [0.15, 0.2) is 30.3 Å². The normalized spacial score (nSPS) is 35.9. The van der Waals surface area contributed by atoms with Crippen LogP contribution >= 0.6 is 0 Å². The summed E-state index contributed by atoms with van der Waals surface area (Å²) in [7, 11) is 0. The third-order valence-corrected chi connectivity index (χ3v) is 4.70. The van der Waals surface area contributed by atoms with E-state index in [9.17, 15) is 5.11 Å². The molecule has 2 nitrogen and oxygen atoms in total. The Bertz CT molecular complexity index is 389. The van der Waals surface area contributed by atoms with Crippen LogP contribution in [0, 0.1) is 11.8 Å². The Morgan fingerprint density at radius 3 is 2.33 bits per heavy atom. The third kappa shape index (κ3) is 2.08. The van der Waals surface area contributed by atoms with Crippen molar-refractivity contribution in [1.82, 2.24) is 4.90 Å². The molecule has 0 bridgehead atoms. The second-order valence-corrected chi connectivity index (χ2v) is 6.09. The van der Waals surface area contributed by atoms with Crippen molar-refractivity contribution in [2.75, 3.05) is 19.6 Å². The Labute approximate surface area is 110 Å². The number of fused-ring (bicyclic) bond motifs is 1. The molecule has 98 valence electrons. The van der Waals surface area contributed by atoms with Gasteiger partial charge in [-0.3, -0.25) is 0 Å². The van der Waals surface area contributed by atoms with E-state index in [4.69, 9.17) is 0 Å². The molecule has 1 aromatic carbocycles. The van der Waals surface area contributed by atoms with Crippen molar-refractivity contribution in [1.29, 1.82) is 0 Å². The first-order chi connectivity index (χ1) is 8.71. The molecule has 2 fully saturated rings. The zero-order valence-electron chi connectivity index (χ0n) is 11.2. The summed E-state index contributed by atoms with van der Waals surface area (Å²) >= 11 is 0. The van der Waals surface area contributed by atoms with Crippen LogP contribution in [-0.2, 0) is 5.60 Å². The Balaban J connectivity index is 1.71. The van der Waals surface area contributed by atoms with Crippen molar-refractivity contribution < 1.29 is 5.11 Å². The molecule has 1 saturated carbocycles. The van der Waals surface area contributed by atoms with Gasteiger partial charge in [-0.25, -0.2) is 0 Å². The summed E-state index contributed by atoms with van der Waals surface area (Å²) in [5.74, 6) is 1.39. The molecule has 1 aliphatic heterocycles. The standard InChI is InChI=1S/C16H23NO/c1-2-8-17-11-13-9-16(18,10-14(13)12-17)15-6-4-3-5-7-15/h3-7,13-14,18H,2,8-12H2,1H3. The summed E-state index contributed by atoms with van der Waals surface area (Å²) in [5, 5.41) is 10.9. The molecule has 0 amide bonds. The minimum atomic E-state index is -0.561. The molecule has 2 heteroatoms. The highest BCUT2D eigenvalue weighted by Gasteiger charge is 2.48. The van der Waals surface area contributed by atoms with Crippen LogP contribution in [0.4, 0.5) is 0 Å². The van der Waals surface area contributed by atoms with Crippen LogP contribution in [0.2, 0.25) is 0 Å². The van der Waals surface area contributed by atoms with Gasteiger partial charge in [0.05, 0.1) is 5.60 Å². The molecule has 2 atom stereocenters. The number of hydrogen-bond donors (Lipinski definition) is 1. The Morgan fingerprint density at radius 1 is 1.17 bits per heavy atom. The van der Waals surface area contributed by atoms with E-state index in [-0.39, 0.29) is 0 Å². The van der Waals surface area contributed by atoms with Crippen molar-refractivity contribution >= 4 is 0 Å². The predicted molar refractivity (Wildman–Crippen MR) is 73.3 cm³/mol. The number of rotatable bonds is 3. The molecule has 2 aliphatic rings. The van der Waals surface area contributed by atoms with Gasteiger partial charge in [0.2, 0.25) is 0 Å². The van der Waals surface area contributed by atoms with Crippen LogP contribution in [-0.4, -0.2) is 29.6 Å². The van der Waals surface area contributed by atoms with Crippen molar-refractivity contribution in [3.63, 3.8) is 0 Å². The van der Waals surface area contributed by atoms with E-state index in [1.54, 1.807) is 0 Å². The number of aliphatic hydroxyl groups is 1. The Hall–Kier alpha value is -0.860. The molecular weight excluding hydrogens is 222 g/mol. The average molecular weight is 245 g/mol. The van der Waals surface area contributed by atoms with Crippen LogP contribution in [0.5, 0.6) is 0 Å². The smallest absolute Gasteiger partial charge is 0.0903 e. The highest BCUT2D eigenvalue weighted by molar-refractivity contribution is 5.24. The highest BCUT2D eigenvalue weighted by Crippen LogP contribution is 2.48. The number of likely N-dealkylation sites (tertiary alicyclic amines) is 1.